The Morgan fingerprint density at radius 1 is 1.24 bits per heavy atom. The second kappa shape index (κ2) is 5.64. The van der Waals surface area contributed by atoms with Crippen LogP contribution in [0.5, 0.6) is 0 Å². The molecule has 7 heteroatoms. The third-order valence-electron chi connectivity index (χ3n) is 2.85. The standard InChI is InChI=1S/C14H12ClN3O2S/c1-9-6-11(15)2-4-13(9)18-21(19,20)14-5-3-12(17)7-10(14)8-16/h2-7,18H,17H2,1H3. The van der Waals surface area contributed by atoms with Gasteiger partial charge in [-0.1, -0.05) is 11.6 Å². The minimum atomic E-state index is -3.88. The number of nitrogens with zero attached hydrogens (tertiary/aromatic N) is 1. The Hall–Kier alpha value is -2.23. The molecule has 0 atom stereocenters. The summed E-state index contributed by atoms with van der Waals surface area (Å²) in [5, 5.41) is 9.56. The van der Waals surface area contributed by atoms with Crippen LogP contribution in [0.15, 0.2) is 41.3 Å². The second-order valence-electron chi connectivity index (χ2n) is 4.43. The van der Waals surface area contributed by atoms with E-state index in [2.05, 4.69) is 4.72 Å². The van der Waals surface area contributed by atoms with Crippen molar-refractivity contribution in [2.75, 3.05) is 10.5 Å². The predicted octanol–water partition coefficient (Wildman–Crippen LogP) is 2.90. The van der Waals surface area contributed by atoms with Gasteiger partial charge in [0.15, 0.2) is 0 Å². The first-order valence-electron chi connectivity index (χ1n) is 5.92. The summed E-state index contributed by atoms with van der Waals surface area (Å²) in [6.45, 7) is 1.73. The largest absolute Gasteiger partial charge is 0.399 e. The monoisotopic (exact) mass is 321 g/mol. The molecule has 0 amide bonds. The molecule has 0 saturated carbocycles. The van der Waals surface area contributed by atoms with Gasteiger partial charge in [-0.05, 0) is 48.9 Å². The van der Waals surface area contributed by atoms with Crippen LogP contribution in [0.1, 0.15) is 11.1 Å². The van der Waals surface area contributed by atoms with Gasteiger partial charge in [0.2, 0.25) is 0 Å². The maximum atomic E-state index is 12.4. The maximum Gasteiger partial charge on any atom is 0.263 e. The third kappa shape index (κ3) is 3.27. The van der Waals surface area contributed by atoms with Crippen LogP contribution in [0.2, 0.25) is 5.02 Å². The summed E-state index contributed by atoms with van der Waals surface area (Å²) >= 11 is 5.84. The molecule has 2 rings (SSSR count). The van der Waals surface area contributed by atoms with Crippen molar-refractivity contribution in [3.05, 3.63) is 52.5 Å². The highest BCUT2D eigenvalue weighted by Gasteiger charge is 2.19. The van der Waals surface area contributed by atoms with Crippen molar-refractivity contribution in [3.63, 3.8) is 0 Å². The summed E-state index contributed by atoms with van der Waals surface area (Å²) in [6, 6.07) is 10.7. The number of aryl methyl sites for hydroxylation is 1. The number of sulfonamides is 1. The van der Waals surface area contributed by atoms with E-state index in [-0.39, 0.29) is 10.5 Å². The van der Waals surface area contributed by atoms with E-state index in [0.717, 1.165) is 0 Å². The lowest BCUT2D eigenvalue weighted by atomic mass is 10.2. The van der Waals surface area contributed by atoms with Crippen molar-refractivity contribution in [2.45, 2.75) is 11.8 Å². The minimum Gasteiger partial charge on any atom is -0.399 e. The molecule has 108 valence electrons. The van der Waals surface area contributed by atoms with Crippen LogP contribution < -0.4 is 10.5 Å². The van der Waals surface area contributed by atoms with Gasteiger partial charge in [-0.25, -0.2) is 8.42 Å². The van der Waals surface area contributed by atoms with Gasteiger partial charge in [0.25, 0.3) is 10.0 Å². The molecule has 0 aliphatic rings. The van der Waals surface area contributed by atoms with Crippen molar-refractivity contribution >= 4 is 33.0 Å². The predicted molar refractivity (Wildman–Crippen MR) is 82.6 cm³/mol. The summed E-state index contributed by atoms with van der Waals surface area (Å²) in [4.78, 5) is -0.117. The smallest absolute Gasteiger partial charge is 0.263 e. The number of anilines is 2. The van der Waals surface area contributed by atoms with Crippen molar-refractivity contribution < 1.29 is 8.42 Å². The highest BCUT2D eigenvalue weighted by molar-refractivity contribution is 7.92. The van der Waals surface area contributed by atoms with Gasteiger partial charge in [0.05, 0.1) is 11.3 Å². The zero-order valence-corrected chi connectivity index (χ0v) is 12.7. The average molecular weight is 322 g/mol. The molecule has 0 unspecified atom stereocenters. The molecule has 0 saturated heterocycles. The number of nitrogens with one attached hydrogen (secondary N) is 1. The highest BCUT2D eigenvalue weighted by Crippen LogP contribution is 2.25. The lowest BCUT2D eigenvalue weighted by molar-refractivity contribution is 0.601. The molecule has 0 bridgehead atoms. The van der Waals surface area contributed by atoms with Crippen molar-refractivity contribution in [1.82, 2.24) is 0 Å². The first-order valence-corrected chi connectivity index (χ1v) is 7.78. The summed E-state index contributed by atoms with van der Waals surface area (Å²) < 4.78 is 27.2. The van der Waals surface area contributed by atoms with Gasteiger partial charge in [-0.15, -0.1) is 0 Å². The lowest BCUT2D eigenvalue weighted by Gasteiger charge is -2.12. The first-order chi connectivity index (χ1) is 9.83. The molecule has 0 aromatic heterocycles. The Balaban J connectivity index is 2.46. The molecule has 0 fully saturated rings. The Kier molecular flexibility index (Phi) is 4.07. The van der Waals surface area contributed by atoms with Gasteiger partial charge in [-0.3, -0.25) is 4.72 Å². The van der Waals surface area contributed by atoms with Gasteiger partial charge in [0.1, 0.15) is 11.0 Å². The summed E-state index contributed by atoms with van der Waals surface area (Å²) in [5.74, 6) is 0. The van der Waals surface area contributed by atoms with Crippen molar-refractivity contribution in [1.29, 1.82) is 5.26 Å². The Morgan fingerprint density at radius 3 is 2.57 bits per heavy atom. The highest BCUT2D eigenvalue weighted by atomic mass is 35.5. The van der Waals surface area contributed by atoms with Gasteiger partial charge < -0.3 is 5.73 Å². The van der Waals surface area contributed by atoms with Crippen molar-refractivity contribution in [2.24, 2.45) is 0 Å². The lowest BCUT2D eigenvalue weighted by Crippen LogP contribution is -2.15. The number of hydrogen-bond acceptors (Lipinski definition) is 4. The molecule has 2 aromatic carbocycles. The molecular formula is C14H12ClN3O2S. The fourth-order valence-corrected chi connectivity index (χ4v) is 3.31. The van der Waals surface area contributed by atoms with Gasteiger partial charge >= 0.3 is 0 Å². The molecular weight excluding hydrogens is 310 g/mol. The summed E-state index contributed by atoms with van der Waals surface area (Å²) in [7, 11) is -3.88. The molecule has 0 aliphatic carbocycles. The number of hydrogen-bond donors (Lipinski definition) is 2. The number of benzene rings is 2. The third-order valence-corrected chi connectivity index (χ3v) is 4.51. The van der Waals surface area contributed by atoms with Gasteiger partial charge in [-0.2, -0.15) is 5.26 Å². The summed E-state index contributed by atoms with van der Waals surface area (Å²) in [5.41, 5.74) is 6.96. The minimum absolute atomic E-state index is 0.00545. The Bertz CT molecular complexity index is 842. The topological polar surface area (TPSA) is 96.0 Å². The van der Waals surface area contributed by atoms with Crippen LogP contribution in [-0.4, -0.2) is 8.42 Å². The fraction of sp³-hybridized carbons (Fsp3) is 0.0714. The second-order valence-corrected chi connectivity index (χ2v) is 6.52. The van der Waals surface area contributed by atoms with Crippen molar-refractivity contribution in [3.8, 4) is 6.07 Å². The molecule has 0 radical (unpaired) electrons. The Labute approximate surface area is 128 Å². The van der Waals surface area contributed by atoms with Crippen LogP contribution >= 0.6 is 11.6 Å². The molecule has 0 spiro atoms. The zero-order chi connectivity index (χ0) is 15.6. The van der Waals surface area contributed by atoms with E-state index in [4.69, 9.17) is 22.6 Å². The van der Waals surface area contributed by atoms with E-state index in [0.29, 0.717) is 22.0 Å². The fourth-order valence-electron chi connectivity index (χ4n) is 1.81. The van der Waals surface area contributed by atoms with Crippen LogP contribution in [-0.2, 0) is 10.0 Å². The molecule has 2 aromatic rings. The van der Waals surface area contributed by atoms with Crippen LogP contribution in [0, 0.1) is 18.3 Å². The normalized spacial score (nSPS) is 10.9. The van der Waals surface area contributed by atoms with Crippen LogP contribution in [0.25, 0.3) is 0 Å². The van der Waals surface area contributed by atoms with E-state index < -0.39 is 10.0 Å². The van der Waals surface area contributed by atoms with E-state index in [9.17, 15) is 8.42 Å². The number of nitrogen functional groups attached to an aromatic ring is 1. The molecule has 5 nitrogen and oxygen atoms in total. The van der Waals surface area contributed by atoms with E-state index >= 15 is 0 Å². The SMILES string of the molecule is Cc1cc(Cl)ccc1NS(=O)(=O)c1ccc(N)cc1C#N. The molecule has 0 heterocycles. The van der Waals surface area contributed by atoms with Gasteiger partial charge in [0, 0.05) is 10.7 Å². The Morgan fingerprint density at radius 2 is 1.95 bits per heavy atom. The summed E-state index contributed by atoms with van der Waals surface area (Å²) in [6.07, 6.45) is 0. The molecule has 3 N–H and O–H groups in total. The average Bonchev–Trinajstić information content (AvgIpc) is 2.41. The first kappa shape index (κ1) is 15.2. The molecule has 21 heavy (non-hydrogen) atoms. The van der Waals surface area contributed by atoms with Crippen LogP contribution in [0.3, 0.4) is 0 Å². The quantitative estimate of drug-likeness (QED) is 0.849. The number of halogens is 1. The van der Waals surface area contributed by atoms with E-state index in [1.807, 2.05) is 6.07 Å². The number of nitrogens with two attached hydrogens (primary N) is 1. The van der Waals surface area contributed by atoms with E-state index in [1.54, 1.807) is 25.1 Å². The number of rotatable bonds is 3. The zero-order valence-electron chi connectivity index (χ0n) is 11.1. The van der Waals surface area contributed by atoms with E-state index in [1.165, 1.54) is 18.2 Å². The molecule has 0 aliphatic heterocycles. The number of nitriles is 1. The van der Waals surface area contributed by atoms with Crippen LogP contribution in [0.4, 0.5) is 11.4 Å². The maximum absolute atomic E-state index is 12.4.